The fraction of sp³-hybridized carbons (Fsp3) is 0.227. The number of thiazole rings is 1. The van der Waals surface area contributed by atoms with E-state index in [1.807, 2.05) is 62.4 Å². The van der Waals surface area contributed by atoms with Gasteiger partial charge in [0.2, 0.25) is 11.7 Å². The van der Waals surface area contributed by atoms with Gasteiger partial charge in [-0.3, -0.25) is 0 Å². The molecule has 0 bridgehead atoms. The van der Waals surface area contributed by atoms with E-state index in [1.54, 1.807) is 5.38 Å². The monoisotopic (exact) mass is 455 g/mol. The van der Waals surface area contributed by atoms with Crippen LogP contribution in [-0.4, -0.2) is 30.1 Å². The number of sulfone groups is 1. The van der Waals surface area contributed by atoms with Gasteiger partial charge in [-0.25, -0.2) is 13.4 Å². The summed E-state index contributed by atoms with van der Waals surface area (Å²) >= 11 is 1.40. The molecular formula is C22H21N3O4S2. The van der Waals surface area contributed by atoms with Crippen molar-refractivity contribution in [3.8, 4) is 27.7 Å². The molecule has 0 aliphatic heterocycles. The second-order valence-electron chi connectivity index (χ2n) is 7.01. The summed E-state index contributed by atoms with van der Waals surface area (Å²) in [7, 11) is -3.52. The molecule has 0 N–H and O–H groups in total. The summed E-state index contributed by atoms with van der Waals surface area (Å²) in [6, 6.07) is 15.2. The van der Waals surface area contributed by atoms with Crippen molar-refractivity contribution in [3.63, 3.8) is 0 Å². The first kappa shape index (κ1) is 21.2. The molecule has 160 valence electrons. The maximum Gasteiger partial charge on any atom is 0.242 e. The van der Waals surface area contributed by atoms with Crippen LogP contribution in [0.15, 0.2) is 58.4 Å². The molecule has 0 saturated carbocycles. The van der Waals surface area contributed by atoms with Crippen molar-refractivity contribution < 1.29 is 17.7 Å². The van der Waals surface area contributed by atoms with Crippen LogP contribution in [0.5, 0.6) is 5.75 Å². The maximum atomic E-state index is 12.7. The molecule has 4 aromatic rings. The summed E-state index contributed by atoms with van der Waals surface area (Å²) in [5.74, 6) is 0.707. The molecule has 0 fully saturated rings. The largest absolute Gasteiger partial charge is 0.494 e. The van der Waals surface area contributed by atoms with Crippen molar-refractivity contribution in [2.45, 2.75) is 25.4 Å². The molecular weight excluding hydrogens is 434 g/mol. The number of aryl methyl sites for hydroxylation is 1. The molecule has 0 aliphatic carbocycles. The predicted molar refractivity (Wildman–Crippen MR) is 120 cm³/mol. The Hall–Kier alpha value is -3.04. The molecule has 7 nitrogen and oxygen atoms in total. The molecule has 4 rings (SSSR count). The number of hydrogen-bond acceptors (Lipinski definition) is 8. The molecule has 0 saturated heterocycles. The highest BCUT2D eigenvalue weighted by molar-refractivity contribution is 7.89. The van der Waals surface area contributed by atoms with Crippen LogP contribution in [0, 0.1) is 6.92 Å². The number of rotatable bonds is 8. The fourth-order valence-electron chi connectivity index (χ4n) is 3.05. The van der Waals surface area contributed by atoms with Crippen molar-refractivity contribution in [2.75, 3.05) is 6.61 Å². The Morgan fingerprint density at radius 1 is 1.03 bits per heavy atom. The summed E-state index contributed by atoms with van der Waals surface area (Å²) in [5, 5.41) is 6.42. The first-order valence-electron chi connectivity index (χ1n) is 9.69. The third-order valence-electron chi connectivity index (χ3n) is 4.42. The molecule has 0 unspecified atom stereocenters. The van der Waals surface area contributed by atoms with Crippen molar-refractivity contribution in [1.82, 2.24) is 15.1 Å². The Balaban J connectivity index is 1.44. The van der Waals surface area contributed by atoms with Crippen LogP contribution in [0.25, 0.3) is 22.0 Å². The summed E-state index contributed by atoms with van der Waals surface area (Å²) in [4.78, 5) is 8.72. The third-order valence-corrected chi connectivity index (χ3v) is 6.78. The minimum atomic E-state index is -3.52. The van der Waals surface area contributed by atoms with Gasteiger partial charge in [0, 0.05) is 16.5 Å². The topological polar surface area (TPSA) is 95.2 Å². The van der Waals surface area contributed by atoms with Crippen LogP contribution in [0.2, 0.25) is 0 Å². The van der Waals surface area contributed by atoms with E-state index < -0.39 is 9.84 Å². The molecule has 31 heavy (non-hydrogen) atoms. The minimum absolute atomic E-state index is 0.0680. The van der Waals surface area contributed by atoms with E-state index in [4.69, 9.17) is 9.26 Å². The highest BCUT2D eigenvalue weighted by Gasteiger charge is 2.20. The number of nitrogens with zero attached hydrogens (tertiary/aromatic N) is 3. The van der Waals surface area contributed by atoms with E-state index in [9.17, 15) is 8.42 Å². The second-order valence-corrected chi connectivity index (χ2v) is 9.94. The molecule has 9 heteroatoms. The van der Waals surface area contributed by atoms with Crippen LogP contribution in [0.1, 0.15) is 24.1 Å². The van der Waals surface area contributed by atoms with Crippen LogP contribution in [0.3, 0.4) is 0 Å². The van der Waals surface area contributed by atoms with Crippen molar-refractivity contribution in [3.05, 3.63) is 71.1 Å². The minimum Gasteiger partial charge on any atom is -0.494 e. The Kier molecular flexibility index (Phi) is 6.15. The smallest absolute Gasteiger partial charge is 0.242 e. The highest BCUT2D eigenvalue weighted by atomic mass is 32.2. The van der Waals surface area contributed by atoms with Gasteiger partial charge in [0.15, 0.2) is 9.84 Å². The first-order chi connectivity index (χ1) is 14.9. The predicted octanol–water partition coefficient (Wildman–Crippen LogP) is 4.68. The Bertz CT molecular complexity index is 1280. The Labute approximate surface area is 184 Å². The Morgan fingerprint density at radius 2 is 1.84 bits per heavy atom. The Morgan fingerprint density at radius 3 is 2.58 bits per heavy atom. The lowest BCUT2D eigenvalue weighted by molar-refractivity contribution is 0.340. The number of aromatic nitrogens is 3. The van der Waals surface area contributed by atoms with Crippen molar-refractivity contribution >= 4 is 21.2 Å². The normalized spacial score (nSPS) is 11.5. The van der Waals surface area contributed by atoms with Gasteiger partial charge in [0.05, 0.1) is 18.1 Å². The zero-order valence-electron chi connectivity index (χ0n) is 17.1. The van der Waals surface area contributed by atoms with Crippen LogP contribution in [0.4, 0.5) is 0 Å². The zero-order chi connectivity index (χ0) is 21.8. The molecule has 0 amide bonds. The van der Waals surface area contributed by atoms with E-state index in [0.717, 1.165) is 27.4 Å². The molecule has 2 aromatic carbocycles. The van der Waals surface area contributed by atoms with Gasteiger partial charge in [-0.15, -0.1) is 11.3 Å². The summed E-state index contributed by atoms with van der Waals surface area (Å²) < 4.78 is 35.9. The molecule has 2 aromatic heterocycles. The van der Waals surface area contributed by atoms with E-state index in [2.05, 4.69) is 15.1 Å². The molecule has 0 aliphatic rings. The van der Waals surface area contributed by atoms with E-state index in [-0.39, 0.29) is 17.4 Å². The van der Waals surface area contributed by atoms with Crippen molar-refractivity contribution in [2.24, 2.45) is 0 Å². The molecule has 2 heterocycles. The molecule has 0 radical (unpaired) electrons. The van der Waals surface area contributed by atoms with E-state index >= 15 is 0 Å². The number of benzene rings is 2. The van der Waals surface area contributed by atoms with Gasteiger partial charge in [0.1, 0.15) is 16.5 Å². The van der Waals surface area contributed by atoms with Gasteiger partial charge in [-0.05, 0) is 44.2 Å². The van der Waals surface area contributed by atoms with Gasteiger partial charge in [0.25, 0.3) is 0 Å². The third kappa shape index (κ3) is 5.36. The van der Waals surface area contributed by atoms with Gasteiger partial charge in [-0.2, -0.15) is 4.98 Å². The lowest BCUT2D eigenvalue weighted by Gasteiger charge is -2.03. The quantitative estimate of drug-likeness (QED) is 0.380. The first-order valence-corrected chi connectivity index (χ1v) is 12.4. The molecule has 0 spiro atoms. The van der Waals surface area contributed by atoms with Crippen molar-refractivity contribution in [1.29, 1.82) is 0 Å². The summed E-state index contributed by atoms with van der Waals surface area (Å²) in [5.41, 5.74) is 3.25. The lowest BCUT2D eigenvalue weighted by Crippen LogP contribution is -2.08. The van der Waals surface area contributed by atoms with Crippen LogP contribution in [-0.2, 0) is 21.3 Å². The van der Waals surface area contributed by atoms with Gasteiger partial charge in [-0.1, -0.05) is 28.9 Å². The lowest BCUT2D eigenvalue weighted by atomic mass is 10.1. The average molecular weight is 456 g/mol. The second kappa shape index (κ2) is 8.99. The highest BCUT2D eigenvalue weighted by Crippen LogP contribution is 2.27. The number of ether oxygens (including phenoxy) is 1. The van der Waals surface area contributed by atoms with Gasteiger partial charge < -0.3 is 9.26 Å². The molecule has 0 atom stereocenters. The van der Waals surface area contributed by atoms with E-state index in [0.29, 0.717) is 18.1 Å². The fourth-order valence-corrected chi connectivity index (χ4v) is 5.17. The standard InChI is InChI=1S/C22H21N3O4S2/c1-3-28-19-9-7-16(8-10-19)22-23-18(12-30-22)13-31(26,27)14-20-24-21(25-29-20)17-6-4-5-15(2)11-17/h4-12H,3,13-14H2,1-2H3. The SMILES string of the molecule is CCOc1ccc(-c2nc(CS(=O)(=O)Cc3nc(-c4cccc(C)c4)no3)cs2)cc1. The van der Waals surface area contributed by atoms with E-state index in [1.165, 1.54) is 11.3 Å². The summed E-state index contributed by atoms with van der Waals surface area (Å²) in [6.45, 7) is 4.49. The van der Waals surface area contributed by atoms with Crippen LogP contribution >= 0.6 is 11.3 Å². The average Bonchev–Trinajstić information content (AvgIpc) is 3.38. The zero-order valence-corrected chi connectivity index (χ0v) is 18.7. The maximum absolute atomic E-state index is 12.7. The van der Waals surface area contributed by atoms with Crippen LogP contribution < -0.4 is 4.74 Å². The van der Waals surface area contributed by atoms with Gasteiger partial charge >= 0.3 is 0 Å². The number of hydrogen-bond donors (Lipinski definition) is 0. The summed E-state index contributed by atoms with van der Waals surface area (Å²) in [6.07, 6.45) is 0.